The highest BCUT2D eigenvalue weighted by Gasteiger charge is 2.15. The van der Waals surface area contributed by atoms with Crippen molar-refractivity contribution in [2.45, 2.75) is 19.9 Å². The van der Waals surface area contributed by atoms with Crippen LogP contribution >= 0.6 is 11.6 Å². The molecule has 2 amide bonds. The molecule has 0 aliphatic carbocycles. The van der Waals surface area contributed by atoms with Gasteiger partial charge < -0.3 is 19.7 Å². The van der Waals surface area contributed by atoms with Gasteiger partial charge in [-0.05, 0) is 42.8 Å². The van der Waals surface area contributed by atoms with Gasteiger partial charge in [-0.15, -0.1) is 0 Å². The Labute approximate surface area is 174 Å². The lowest BCUT2D eigenvalue weighted by Gasteiger charge is -2.22. The summed E-state index contributed by atoms with van der Waals surface area (Å²) < 4.78 is 23.6. The summed E-state index contributed by atoms with van der Waals surface area (Å²) in [5, 5.41) is 2.66. The van der Waals surface area contributed by atoms with Crippen molar-refractivity contribution in [3.05, 3.63) is 58.4 Å². The van der Waals surface area contributed by atoms with Crippen LogP contribution in [0.15, 0.2) is 36.4 Å². The fraction of sp³-hybridized carbons (Fsp3) is 0.333. The van der Waals surface area contributed by atoms with E-state index in [2.05, 4.69) is 5.32 Å². The Morgan fingerprint density at radius 2 is 1.83 bits per heavy atom. The molecule has 0 aliphatic rings. The predicted octanol–water partition coefficient (Wildman–Crippen LogP) is 3.66. The number of hydrogen-bond acceptors (Lipinski definition) is 4. The van der Waals surface area contributed by atoms with Crippen molar-refractivity contribution < 1.29 is 23.5 Å². The number of rotatable bonds is 9. The second-order valence-corrected chi connectivity index (χ2v) is 6.63. The van der Waals surface area contributed by atoms with E-state index in [-0.39, 0.29) is 29.5 Å². The van der Waals surface area contributed by atoms with Crippen LogP contribution in [0.3, 0.4) is 0 Å². The van der Waals surface area contributed by atoms with Gasteiger partial charge in [0.05, 0.1) is 24.8 Å². The van der Waals surface area contributed by atoms with Crippen LogP contribution in [0.25, 0.3) is 0 Å². The third kappa shape index (κ3) is 6.09. The summed E-state index contributed by atoms with van der Waals surface area (Å²) in [6.45, 7) is 2.96. The van der Waals surface area contributed by atoms with E-state index in [4.69, 9.17) is 21.1 Å². The van der Waals surface area contributed by atoms with Gasteiger partial charge in [-0.3, -0.25) is 9.59 Å². The topological polar surface area (TPSA) is 67.9 Å². The molecular weight excluding hydrogens is 399 g/mol. The molecule has 0 unspecified atom stereocenters. The van der Waals surface area contributed by atoms with Crippen LogP contribution in [-0.2, 0) is 11.3 Å². The number of hydrogen-bond donors (Lipinski definition) is 1. The van der Waals surface area contributed by atoms with Crippen molar-refractivity contribution in [1.82, 2.24) is 10.2 Å². The first kappa shape index (κ1) is 22.5. The zero-order valence-corrected chi connectivity index (χ0v) is 17.4. The number of halogens is 2. The van der Waals surface area contributed by atoms with Crippen molar-refractivity contribution >= 4 is 23.4 Å². The van der Waals surface area contributed by atoms with Crippen LogP contribution < -0.4 is 14.8 Å². The molecule has 1 N–H and O–H groups in total. The molecule has 0 fully saturated rings. The average molecular weight is 423 g/mol. The van der Waals surface area contributed by atoms with Gasteiger partial charge in [0.1, 0.15) is 5.82 Å². The van der Waals surface area contributed by atoms with Crippen molar-refractivity contribution in [1.29, 1.82) is 0 Å². The highest BCUT2D eigenvalue weighted by Crippen LogP contribution is 2.28. The third-order valence-corrected chi connectivity index (χ3v) is 4.67. The van der Waals surface area contributed by atoms with E-state index in [1.807, 2.05) is 19.1 Å². The number of benzene rings is 2. The minimum atomic E-state index is -0.518. The van der Waals surface area contributed by atoms with Gasteiger partial charge in [-0.1, -0.05) is 17.7 Å². The lowest BCUT2D eigenvalue weighted by atomic mass is 10.1. The molecule has 0 saturated carbocycles. The highest BCUT2D eigenvalue weighted by atomic mass is 35.5. The number of ether oxygens (including phenoxy) is 2. The molecule has 0 aliphatic heterocycles. The summed E-state index contributed by atoms with van der Waals surface area (Å²) in [7, 11) is 3.12. The van der Waals surface area contributed by atoms with E-state index < -0.39 is 11.7 Å². The number of carbonyl (C=O) groups excluding carboxylic acids is 2. The van der Waals surface area contributed by atoms with Gasteiger partial charge in [-0.25, -0.2) is 4.39 Å². The van der Waals surface area contributed by atoms with Gasteiger partial charge >= 0.3 is 0 Å². The predicted molar refractivity (Wildman–Crippen MR) is 109 cm³/mol. The van der Waals surface area contributed by atoms with E-state index in [9.17, 15) is 14.0 Å². The maximum Gasteiger partial charge on any atom is 0.252 e. The van der Waals surface area contributed by atoms with Gasteiger partial charge in [-0.2, -0.15) is 0 Å². The summed E-state index contributed by atoms with van der Waals surface area (Å²) in [6, 6.07) is 9.03. The van der Waals surface area contributed by atoms with Crippen molar-refractivity contribution in [3.63, 3.8) is 0 Å². The first-order chi connectivity index (χ1) is 13.9. The summed E-state index contributed by atoms with van der Waals surface area (Å²) in [5.74, 6) is 0.138. The van der Waals surface area contributed by atoms with Crippen molar-refractivity contribution in [2.75, 3.05) is 27.3 Å². The molecule has 8 heteroatoms. The van der Waals surface area contributed by atoms with E-state index in [1.54, 1.807) is 25.2 Å². The molecule has 0 saturated heterocycles. The molecule has 6 nitrogen and oxygen atoms in total. The van der Waals surface area contributed by atoms with Crippen LogP contribution in [0.5, 0.6) is 11.5 Å². The molecule has 0 aromatic heterocycles. The summed E-state index contributed by atoms with van der Waals surface area (Å²) >= 11 is 5.88. The van der Waals surface area contributed by atoms with Crippen LogP contribution in [0.4, 0.5) is 4.39 Å². The quantitative estimate of drug-likeness (QED) is 0.669. The van der Waals surface area contributed by atoms with Crippen LogP contribution in [0.2, 0.25) is 5.02 Å². The first-order valence-electron chi connectivity index (χ1n) is 9.11. The van der Waals surface area contributed by atoms with Gasteiger partial charge in [0, 0.05) is 26.1 Å². The van der Waals surface area contributed by atoms with Crippen LogP contribution in [0, 0.1) is 5.82 Å². The fourth-order valence-corrected chi connectivity index (χ4v) is 3.04. The van der Waals surface area contributed by atoms with Crippen LogP contribution in [-0.4, -0.2) is 44.0 Å². The van der Waals surface area contributed by atoms with Gasteiger partial charge in [0.2, 0.25) is 5.91 Å². The number of nitrogens with one attached hydrogen (secondary N) is 1. The molecule has 0 bridgehead atoms. The second kappa shape index (κ2) is 10.7. The highest BCUT2D eigenvalue weighted by molar-refractivity contribution is 6.33. The molecule has 2 aromatic carbocycles. The Kier molecular flexibility index (Phi) is 8.27. The number of carbonyl (C=O) groups is 2. The van der Waals surface area contributed by atoms with Crippen molar-refractivity contribution in [3.8, 4) is 11.5 Å². The zero-order chi connectivity index (χ0) is 21.4. The fourth-order valence-electron chi connectivity index (χ4n) is 2.79. The molecule has 0 atom stereocenters. The van der Waals surface area contributed by atoms with E-state index >= 15 is 0 Å². The minimum Gasteiger partial charge on any atom is -0.493 e. The Morgan fingerprint density at radius 3 is 2.45 bits per heavy atom. The Bertz CT molecular complexity index is 876. The largest absolute Gasteiger partial charge is 0.493 e. The molecule has 156 valence electrons. The maximum atomic E-state index is 13.1. The Morgan fingerprint density at radius 1 is 1.10 bits per heavy atom. The number of methoxy groups -OCH3 is 2. The number of amides is 2. The number of nitrogens with zero attached hydrogens (tertiary/aromatic N) is 1. The molecule has 29 heavy (non-hydrogen) atoms. The maximum absolute atomic E-state index is 13.1. The first-order valence-corrected chi connectivity index (χ1v) is 9.49. The SMILES string of the molecule is CCN(Cc1ccc(OC)c(OC)c1)C(=O)CCNC(=O)c1ccc(F)cc1Cl. The average Bonchev–Trinajstić information content (AvgIpc) is 2.71. The van der Waals surface area contributed by atoms with E-state index in [0.717, 1.165) is 17.7 Å². The van der Waals surface area contributed by atoms with E-state index in [1.165, 1.54) is 6.07 Å². The Balaban J connectivity index is 1.92. The monoisotopic (exact) mass is 422 g/mol. The van der Waals surface area contributed by atoms with Crippen molar-refractivity contribution in [2.24, 2.45) is 0 Å². The third-order valence-electron chi connectivity index (χ3n) is 4.36. The summed E-state index contributed by atoms with van der Waals surface area (Å²) in [6.07, 6.45) is 0.131. The standard InChI is InChI=1S/C21H24ClFN2O4/c1-4-25(13-14-5-8-18(28-2)19(11-14)29-3)20(26)9-10-24-21(27)16-7-6-15(23)12-17(16)22/h5-8,11-12H,4,9-10,13H2,1-3H3,(H,24,27). The molecule has 0 radical (unpaired) electrons. The molecular formula is C21H24ClFN2O4. The van der Waals surface area contributed by atoms with Gasteiger partial charge in [0.25, 0.3) is 5.91 Å². The zero-order valence-electron chi connectivity index (χ0n) is 16.6. The lowest BCUT2D eigenvalue weighted by molar-refractivity contribution is -0.131. The minimum absolute atomic E-state index is 0.0254. The van der Waals surface area contributed by atoms with Gasteiger partial charge in [0.15, 0.2) is 11.5 Å². The molecule has 0 heterocycles. The molecule has 0 spiro atoms. The molecule has 2 rings (SSSR count). The lowest BCUT2D eigenvalue weighted by Crippen LogP contribution is -2.34. The smallest absolute Gasteiger partial charge is 0.252 e. The Hall–Kier alpha value is -2.80. The molecule has 2 aromatic rings. The van der Waals surface area contributed by atoms with E-state index in [0.29, 0.717) is 24.6 Å². The second-order valence-electron chi connectivity index (χ2n) is 6.23. The summed E-state index contributed by atoms with van der Waals surface area (Å²) in [5.41, 5.74) is 1.07. The normalized spacial score (nSPS) is 10.4. The summed E-state index contributed by atoms with van der Waals surface area (Å²) in [4.78, 5) is 26.4. The van der Waals surface area contributed by atoms with Crippen LogP contribution in [0.1, 0.15) is 29.3 Å².